The molecule has 1 aliphatic rings. The van der Waals surface area contributed by atoms with E-state index >= 15 is 0 Å². The molecule has 0 radical (unpaired) electrons. The lowest BCUT2D eigenvalue weighted by Crippen LogP contribution is -2.42. The highest BCUT2D eigenvalue weighted by Crippen LogP contribution is 2.17. The third kappa shape index (κ3) is 6.89. The van der Waals surface area contributed by atoms with E-state index in [1.54, 1.807) is 0 Å². The minimum Gasteiger partial charge on any atom is -0.469 e. The van der Waals surface area contributed by atoms with Crippen LogP contribution in [0, 0.1) is 0 Å². The molecule has 0 bridgehead atoms. The van der Waals surface area contributed by atoms with Crippen LogP contribution in [0.4, 0.5) is 0 Å². The van der Waals surface area contributed by atoms with Gasteiger partial charge in [0.1, 0.15) is 0 Å². The maximum Gasteiger partial charge on any atom is 0.306 e. The van der Waals surface area contributed by atoms with E-state index in [9.17, 15) is 9.59 Å². The number of ether oxygens (including phenoxy) is 1. The first-order valence-electron chi connectivity index (χ1n) is 7.74. The molecule has 20 heavy (non-hydrogen) atoms. The van der Waals surface area contributed by atoms with Crippen molar-refractivity contribution in [2.45, 2.75) is 57.9 Å². The minimum atomic E-state index is -0.229. The SMILES string of the molecule is CCN(CCC(=O)OC)CC(=O)NC1CCCCCC1. The Morgan fingerprint density at radius 3 is 2.40 bits per heavy atom. The summed E-state index contributed by atoms with van der Waals surface area (Å²) in [5, 5.41) is 3.13. The van der Waals surface area contributed by atoms with E-state index in [-0.39, 0.29) is 11.9 Å². The first kappa shape index (κ1) is 17.0. The molecule has 5 nitrogen and oxygen atoms in total. The number of nitrogens with zero attached hydrogens (tertiary/aromatic N) is 1. The molecule has 0 unspecified atom stereocenters. The van der Waals surface area contributed by atoms with Gasteiger partial charge in [0.2, 0.25) is 5.91 Å². The number of carbonyl (C=O) groups excluding carboxylic acids is 2. The van der Waals surface area contributed by atoms with Gasteiger partial charge in [-0.15, -0.1) is 0 Å². The maximum absolute atomic E-state index is 12.0. The van der Waals surface area contributed by atoms with Crippen LogP contribution in [0.2, 0.25) is 0 Å². The molecule has 1 N–H and O–H groups in total. The highest BCUT2D eigenvalue weighted by molar-refractivity contribution is 5.78. The van der Waals surface area contributed by atoms with Crippen LogP contribution in [0.3, 0.4) is 0 Å². The summed E-state index contributed by atoms with van der Waals surface area (Å²) in [4.78, 5) is 25.1. The van der Waals surface area contributed by atoms with Crippen LogP contribution in [0.5, 0.6) is 0 Å². The van der Waals surface area contributed by atoms with Crippen LogP contribution in [-0.4, -0.2) is 49.6 Å². The summed E-state index contributed by atoms with van der Waals surface area (Å²) in [7, 11) is 1.39. The lowest BCUT2D eigenvalue weighted by atomic mass is 10.1. The van der Waals surface area contributed by atoms with Crippen molar-refractivity contribution in [2.24, 2.45) is 0 Å². The van der Waals surface area contributed by atoms with Crippen LogP contribution in [0.1, 0.15) is 51.9 Å². The van der Waals surface area contributed by atoms with Crippen molar-refractivity contribution in [3.05, 3.63) is 0 Å². The highest BCUT2D eigenvalue weighted by Gasteiger charge is 2.16. The predicted octanol–water partition coefficient (Wildman–Crippen LogP) is 1.71. The van der Waals surface area contributed by atoms with Crippen molar-refractivity contribution in [3.63, 3.8) is 0 Å². The topological polar surface area (TPSA) is 58.6 Å². The summed E-state index contributed by atoms with van der Waals surface area (Å²) in [6.07, 6.45) is 7.52. The third-order valence-corrected chi connectivity index (χ3v) is 3.89. The number of rotatable bonds is 7. The van der Waals surface area contributed by atoms with E-state index in [2.05, 4.69) is 10.1 Å². The zero-order valence-electron chi connectivity index (χ0n) is 12.8. The highest BCUT2D eigenvalue weighted by atomic mass is 16.5. The summed E-state index contributed by atoms with van der Waals surface area (Å²) >= 11 is 0. The van der Waals surface area contributed by atoms with Crippen molar-refractivity contribution < 1.29 is 14.3 Å². The molecule has 0 atom stereocenters. The van der Waals surface area contributed by atoms with E-state index in [0.717, 1.165) is 19.4 Å². The Bertz CT molecular complexity index is 299. The molecule has 0 aromatic heterocycles. The van der Waals surface area contributed by atoms with Gasteiger partial charge < -0.3 is 10.1 Å². The molecule has 1 fully saturated rings. The lowest BCUT2D eigenvalue weighted by molar-refractivity contribution is -0.141. The molecule has 0 aromatic rings. The molecule has 116 valence electrons. The van der Waals surface area contributed by atoms with Crippen LogP contribution >= 0.6 is 0 Å². The second-order valence-electron chi connectivity index (χ2n) is 5.45. The molecule has 1 aliphatic carbocycles. The van der Waals surface area contributed by atoms with Crippen molar-refractivity contribution in [1.82, 2.24) is 10.2 Å². The molecule has 1 saturated carbocycles. The fourth-order valence-electron chi connectivity index (χ4n) is 2.60. The van der Waals surface area contributed by atoms with Crippen molar-refractivity contribution >= 4 is 11.9 Å². The fraction of sp³-hybridized carbons (Fsp3) is 0.867. The molecule has 0 heterocycles. The quantitative estimate of drug-likeness (QED) is 0.571. The van der Waals surface area contributed by atoms with Gasteiger partial charge in [0.05, 0.1) is 20.1 Å². The van der Waals surface area contributed by atoms with Crippen LogP contribution in [-0.2, 0) is 14.3 Å². The maximum atomic E-state index is 12.0. The van der Waals surface area contributed by atoms with E-state index in [4.69, 9.17) is 0 Å². The molecule has 1 amide bonds. The van der Waals surface area contributed by atoms with E-state index < -0.39 is 0 Å². The largest absolute Gasteiger partial charge is 0.469 e. The van der Waals surface area contributed by atoms with Gasteiger partial charge in [-0.3, -0.25) is 14.5 Å². The lowest BCUT2D eigenvalue weighted by Gasteiger charge is -2.22. The van der Waals surface area contributed by atoms with Gasteiger partial charge in [-0.05, 0) is 19.4 Å². The Labute approximate surface area is 122 Å². The third-order valence-electron chi connectivity index (χ3n) is 3.89. The number of hydrogen-bond acceptors (Lipinski definition) is 4. The van der Waals surface area contributed by atoms with Gasteiger partial charge in [-0.2, -0.15) is 0 Å². The van der Waals surface area contributed by atoms with Gasteiger partial charge in [0, 0.05) is 12.6 Å². The van der Waals surface area contributed by atoms with E-state index in [1.165, 1.54) is 32.8 Å². The van der Waals surface area contributed by atoms with Gasteiger partial charge in [0.15, 0.2) is 0 Å². The predicted molar refractivity (Wildman–Crippen MR) is 78.4 cm³/mol. The standard InChI is InChI=1S/C15H28N2O3/c1-3-17(11-10-15(19)20-2)12-14(18)16-13-8-6-4-5-7-9-13/h13H,3-12H2,1-2H3,(H,16,18). The molecule has 0 aromatic carbocycles. The Morgan fingerprint density at radius 2 is 1.85 bits per heavy atom. The first-order chi connectivity index (χ1) is 9.65. The summed E-state index contributed by atoms with van der Waals surface area (Å²) in [6, 6.07) is 0.337. The molecule has 0 aliphatic heterocycles. The second kappa shape index (κ2) is 9.75. The minimum absolute atomic E-state index is 0.0728. The Morgan fingerprint density at radius 1 is 1.20 bits per heavy atom. The summed E-state index contributed by atoms with van der Waals surface area (Å²) in [6.45, 7) is 3.69. The Kier molecular flexibility index (Phi) is 8.26. The molecule has 5 heteroatoms. The molecule has 1 rings (SSSR count). The van der Waals surface area contributed by atoms with E-state index in [1.807, 2.05) is 11.8 Å². The summed E-state index contributed by atoms with van der Waals surface area (Å²) in [5.41, 5.74) is 0. The zero-order chi connectivity index (χ0) is 14.8. The van der Waals surface area contributed by atoms with Crippen LogP contribution < -0.4 is 5.32 Å². The van der Waals surface area contributed by atoms with Crippen molar-refractivity contribution in [1.29, 1.82) is 0 Å². The molecule has 0 saturated heterocycles. The number of likely N-dealkylation sites (N-methyl/N-ethyl adjacent to an activating group) is 1. The number of methoxy groups -OCH3 is 1. The Balaban J connectivity index is 2.28. The second-order valence-corrected chi connectivity index (χ2v) is 5.45. The first-order valence-corrected chi connectivity index (χ1v) is 7.74. The van der Waals surface area contributed by atoms with Crippen LogP contribution in [0.15, 0.2) is 0 Å². The number of carbonyl (C=O) groups is 2. The average molecular weight is 284 g/mol. The number of esters is 1. The van der Waals surface area contributed by atoms with Gasteiger partial charge in [-0.25, -0.2) is 0 Å². The number of hydrogen-bond donors (Lipinski definition) is 1. The van der Waals surface area contributed by atoms with Gasteiger partial charge in [0.25, 0.3) is 0 Å². The van der Waals surface area contributed by atoms with Gasteiger partial charge in [-0.1, -0.05) is 32.6 Å². The zero-order valence-corrected chi connectivity index (χ0v) is 12.8. The number of amides is 1. The van der Waals surface area contributed by atoms with Gasteiger partial charge >= 0.3 is 5.97 Å². The van der Waals surface area contributed by atoms with Crippen molar-refractivity contribution in [2.75, 3.05) is 26.7 Å². The number of nitrogens with one attached hydrogen (secondary N) is 1. The Hall–Kier alpha value is -1.10. The molecule has 0 spiro atoms. The summed E-state index contributed by atoms with van der Waals surface area (Å²) < 4.78 is 4.62. The van der Waals surface area contributed by atoms with Crippen LogP contribution in [0.25, 0.3) is 0 Å². The summed E-state index contributed by atoms with van der Waals surface area (Å²) in [5.74, 6) is -0.156. The smallest absolute Gasteiger partial charge is 0.306 e. The molecular weight excluding hydrogens is 256 g/mol. The van der Waals surface area contributed by atoms with E-state index in [0.29, 0.717) is 25.6 Å². The van der Waals surface area contributed by atoms with Crippen molar-refractivity contribution in [3.8, 4) is 0 Å². The molecular formula is C15H28N2O3. The average Bonchev–Trinajstić information content (AvgIpc) is 2.71. The normalized spacial score (nSPS) is 16.8. The monoisotopic (exact) mass is 284 g/mol. The fourth-order valence-corrected chi connectivity index (χ4v) is 2.60.